The predicted molar refractivity (Wildman–Crippen MR) is 219 cm³/mol. The number of nitrogens with zero attached hydrogens (tertiary/aromatic N) is 5. The minimum absolute atomic E-state index is 0.107. The summed E-state index contributed by atoms with van der Waals surface area (Å²) in [5, 5.41) is 0. The number of carbonyl (C=O) groups is 2. The van der Waals surface area contributed by atoms with Crippen LogP contribution >= 0.6 is 43.5 Å². The van der Waals surface area contributed by atoms with Gasteiger partial charge in [0.2, 0.25) is 0 Å². The van der Waals surface area contributed by atoms with Crippen LogP contribution < -0.4 is 20.9 Å². The second kappa shape index (κ2) is 21.9. The number of rotatable bonds is 13. The molecule has 0 atom stereocenters. The molecule has 2 saturated heterocycles. The zero-order valence-corrected chi connectivity index (χ0v) is 37.5. The van der Waals surface area contributed by atoms with Gasteiger partial charge in [-0.25, -0.2) is 9.97 Å². The standard InChI is InChI=1S/C17H28BrN3O3Si.C11H14BrN3O2.C6H15ClOSi/c1-13(22)14-5-7-20(8-6-14)16-17(23)21(11-15(18)19-16)12-24-9-10-25(2,3)4;1-7(16)8-2-4-15(5-3-8)10-11(17)13-6-9(12)14-10;1-9(2,3)5-4-8-6-7/h11,14H,5-10,12H2,1-4H3;6,8H,2-5H2,1H3,(H,13,17);4-6H2,1-3H3. The van der Waals surface area contributed by atoms with E-state index in [1.807, 2.05) is 9.80 Å². The Kier molecular flexibility index (Phi) is 19.5. The highest BCUT2D eigenvalue weighted by atomic mass is 79.9. The first kappa shape index (κ1) is 45.5. The number of nitrogens with one attached hydrogen (secondary N) is 1. The number of hydrogen-bond acceptors (Lipinski definition) is 10. The van der Waals surface area contributed by atoms with E-state index in [1.165, 1.54) is 12.2 Å². The van der Waals surface area contributed by atoms with Gasteiger partial charge in [0.15, 0.2) is 11.6 Å². The van der Waals surface area contributed by atoms with Gasteiger partial charge in [0.05, 0.1) is 0 Å². The maximum Gasteiger partial charge on any atom is 0.295 e. The van der Waals surface area contributed by atoms with Crippen LogP contribution in [0, 0.1) is 11.8 Å². The minimum atomic E-state index is -1.14. The zero-order valence-electron chi connectivity index (χ0n) is 31.5. The lowest BCUT2D eigenvalue weighted by molar-refractivity contribution is -0.122. The highest BCUT2D eigenvalue weighted by Gasteiger charge is 2.26. The quantitative estimate of drug-likeness (QED) is 0.127. The molecule has 12 nitrogen and oxygen atoms in total. The number of halogens is 3. The van der Waals surface area contributed by atoms with Crippen LogP contribution in [0.4, 0.5) is 11.6 Å². The van der Waals surface area contributed by atoms with Crippen molar-refractivity contribution in [3.63, 3.8) is 0 Å². The maximum atomic E-state index is 12.7. The Hall–Kier alpha value is -1.70. The first-order valence-corrected chi connectivity index (χ1v) is 27.1. The maximum absolute atomic E-state index is 12.7. The molecule has 2 aliphatic rings. The van der Waals surface area contributed by atoms with E-state index in [2.05, 4.69) is 86.1 Å². The number of ketones is 2. The van der Waals surface area contributed by atoms with E-state index in [0.29, 0.717) is 59.7 Å². The number of Topliss-reactive ketones (excluding diaryl/α,β-unsaturated/α-hetero) is 2. The van der Waals surface area contributed by atoms with E-state index in [-0.39, 0.29) is 41.3 Å². The van der Waals surface area contributed by atoms with Gasteiger partial charge in [-0.05, 0) is 83.5 Å². The molecule has 2 aromatic heterocycles. The van der Waals surface area contributed by atoms with E-state index in [1.54, 1.807) is 24.6 Å². The molecule has 0 radical (unpaired) electrons. The largest absolute Gasteiger partial charge is 0.366 e. The lowest BCUT2D eigenvalue weighted by Gasteiger charge is -2.31. The van der Waals surface area contributed by atoms with Gasteiger partial charge in [-0.2, -0.15) is 0 Å². The molecule has 0 spiro atoms. The Morgan fingerprint density at radius 1 is 0.804 bits per heavy atom. The second-order valence-electron chi connectivity index (χ2n) is 15.5. The van der Waals surface area contributed by atoms with Crippen molar-refractivity contribution in [3.05, 3.63) is 42.3 Å². The molecule has 4 heterocycles. The van der Waals surface area contributed by atoms with Gasteiger partial charge in [-0.3, -0.25) is 23.7 Å². The van der Waals surface area contributed by atoms with Crippen LogP contribution in [0.3, 0.4) is 0 Å². The Balaban J connectivity index is 0.000000298. The molecule has 0 unspecified atom stereocenters. The average molecular weight is 897 g/mol. The molecule has 2 fully saturated rings. The van der Waals surface area contributed by atoms with Gasteiger partial charge in [0.25, 0.3) is 11.1 Å². The van der Waals surface area contributed by atoms with Crippen molar-refractivity contribution >= 4 is 82.8 Å². The number of anilines is 2. The van der Waals surface area contributed by atoms with Crippen LogP contribution in [0.5, 0.6) is 0 Å². The molecule has 51 heavy (non-hydrogen) atoms. The van der Waals surface area contributed by atoms with Crippen molar-refractivity contribution in [2.24, 2.45) is 11.8 Å². The molecule has 0 aromatic carbocycles. The Bertz CT molecular complexity index is 1520. The number of aromatic nitrogens is 4. The fraction of sp³-hybridized carbons (Fsp3) is 0.706. The highest BCUT2D eigenvalue weighted by molar-refractivity contribution is 9.10. The van der Waals surface area contributed by atoms with E-state index in [4.69, 9.17) is 21.1 Å². The molecule has 2 aliphatic heterocycles. The molecule has 0 amide bonds. The Morgan fingerprint density at radius 2 is 1.25 bits per heavy atom. The van der Waals surface area contributed by atoms with Crippen LogP contribution in [-0.2, 0) is 25.8 Å². The number of alkyl halides is 1. The molecule has 1 N–H and O–H groups in total. The van der Waals surface area contributed by atoms with Gasteiger partial charge in [0.1, 0.15) is 33.6 Å². The predicted octanol–water partition coefficient (Wildman–Crippen LogP) is 7.00. The van der Waals surface area contributed by atoms with Crippen molar-refractivity contribution in [3.8, 4) is 0 Å². The van der Waals surface area contributed by atoms with Crippen molar-refractivity contribution in [2.45, 2.75) is 97.6 Å². The molecule has 288 valence electrons. The lowest BCUT2D eigenvalue weighted by Crippen LogP contribution is -2.40. The van der Waals surface area contributed by atoms with E-state index >= 15 is 0 Å². The molecule has 2 aromatic rings. The van der Waals surface area contributed by atoms with E-state index in [0.717, 1.165) is 38.3 Å². The van der Waals surface area contributed by atoms with E-state index in [9.17, 15) is 19.2 Å². The topological polar surface area (TPSA) is 140 Å². The smallest absolute Gasteiger partial charge is 0.295 e. The number of ether oxygens (including phenoxy) is 2. The molecule has 0 saturated carbocycles. The summed E-state index contributed by atoms with van der Waals surface area (Å²) in [7, 11) is -2.02. The summed E-state index contributed by atoms with van der Waals surface area (Å²) in [4.78, 5) is 62.2. The van der Waals surface area contributed by atoms with Gasteiger partial charge in [-0.15, -0.1) is 0 Å². The number of piperidine rings is 2. The zero-order chi connectivity index (χ0) is 38.4. The fourth-order valence-corrected chi connectivity index (χ4v) is 7.67. The SMILES string of the molecule is CC(=O)C1CCN(c2nc(Br)c[nH]c2=O)CC1.CC(=O)C1CCN(c2nc(Br)cn(COCC[Si](C)(C)C)c2=O)CC1.C[Si](C)(C)CCOCCl. The Labute approximate surface area is 326 Å². The van der Waals surface area contributed by atoms with Crippen molar-refractivity contribution < 1.29 is 19.1 Å². The highest BCUT2D eigenvalue weighted by Crippen LogP contribution is 2.23. The lowest BCUT2D eigenvalue weighted by atomic mass is 9.93. The van der Waals surface area contributed by atoms with Gasteiger partial charge in [0, 0.05) is 79.8 Å². The summed E-state index contributed by atoms with van der Waals surface area (Å²) in [6.45, 7) is 21.7. The molecular formula is C34H57Br2ClN6O6Si2. The minimum Gasteiger partial charge on any atom is -0.366 e. The molecular weight excluding hydrogens is 840 g/mol. The van der Waals surface area contributed by atoms with Gasteiger partial charge in [-0.1, -0.05) is 50.9 Å². The average Bonchev–Trinajstić information content (AvgIpc) is 3.05. The van der Waals surface area contributed by atoms with Crippen molar-refractivity contribution in [1.29, 1.82) is 0 Å². The third kappa shape index (κ3) is 17.3. The van der Waals surface area contributed by atoms with Crippen LogP contribution in [-0.4, -0.2) is 92.7 Å². The molecule has 17 heteroatoms. The first-order chi connectivity index (χ1) is 23.8. The summed E-state index contributed by atoms with van der Waals surface area (Å²) in [5.41, 5.74) is -0.327. The fourth-order valence-electron chi connectivity index (χ4n) is 5.35. The molecule has 0 bridgehead atoms. The monoisotopic (exact) mass is 894 g/mol. The van der Waals surface area contributed by atoms with Gasteiger partial charge < -0.3 is 24.3 Å². The number of hydrogen-bond donors (Lipinski definition) is 1. The van der Waals surface area contributed by atoms with Crippen molar-refractivity contribution in [2.75, 3.05) is 55.3 Å². The first-order valence-electron chi connectivity index (χ1n) is 17.6. The normalized spacial score (nSPS) is 15.8. The van der Waals surface area contributed by atoms with Crippen LogP contribution in [0.2, 0.25) is 51.4 Å². The van der Waals surface area contributed by atoms with Gasteiger partial charge >= 0.3 is 0 Å². The molecule has 0 aliphatic carbocycles. The number of H-pyrrole nitrogens is 1. The number of aromatic amines is 1. The summed E-state index contributed by atoms with van der Waals surface area (Å²) in [6.07, 6.45) is 6.33. The Morgan fingerprint density at radius 3 is 1.71 bits per heavy atom. The summed E-state index contributed by atoms with van der Waals surface area (Å²) >= 11 is 11.9. The molecule has 4 rings (SSSR count). The number of carbonyl (C=O) groups excluding carboxylic acids is 2. The van der Waals surface area contributed by atoms with Crippen molar-refractivity contribution in [1.82, 2.24) is 19.5 Å². The summed E-state index contributed by atoms with van der Waals surface area (Å²) < 4.78 is 13.5. The van der Waals surface area contributed by atoms with E-state index < -0.39 is 16.1 Å². The van der Waals surface area contributed by atoms with Crippen LogP contribution in [0.25, 0.3) is 0 Å². The summed E-state index contributed by atoms with van der Waals surface area (Å²) in [5.74, 6) is 1.58. The second-order valence-corrected chi connectivity index (χ2v) is 28.5. The summed E-state index contributed by atoms with van der Waals surface area (Å²) in [6, 6.07) is 2.61. The third-order valence-corrected chi connectivity index (χ3v) is 13.1. The van der Waals surface area contributed by atoms with Crippen LogP contribution in [0.1, 0.15) is 39.5 Å². The third-order valence-electron chi connectivity index (χ3n) is 8.70. The van der Waals surface area contributed by atoms with Crippen LogP contribution in [0.15, 0.2) is 31.2 Å².